The van der Waals surface area contributed by atoms with E-state index in [9.17, 15) is 19.2 Å². The molecule has 11 heteroatoms. The molecule has 0 bridgehead atoms. The summed E-state index contributed by atoms with van der Waals surface area (Å²) < 4.78 is 11.0. The van der Waals surface area contributed by atoms with Gasteiger partial charge in [-0.3, -0.25) is 24.6 Å². The van der Waals surface area contributed by atoms with Crippen LogP contribution in [0.4, 0.5) is 20.3 Å². The molecule has 1 aromatic heterocycles. The molecule has 1 aliphatic rings. The monoisotopic (exact) mass is 505 g/mol. The van der Waals surface area contributed by atoms with Crippen LogP contribution in [0.3, 0.4) is 0 Å². The molecule has 4 amide bonds. The highest BCUT2D eigenvalue weighted by Gasteiger charge is 2.31. The predicted octanol–water partition coefficient (Wildman–Crippen LogP) is 4.34. The Labute approximate surface area is 206 Å². The number of carbonyl (C=O) groups is 4. The van der Waals surface area contributed by atoms with Crippen molar-refractivity contribution in [1.29, 1.82) is 0 Å². The smallest absolute Gasteiger partial charge is 0.414 e. The maximum absolute atomic E-state index is 12.5. The molecule has 0 spiro atoms. The molecule has 9 nitrogen and oxygen atoms in total. The van der Waals surface area contributed by atoms with Crippen LogP contribution in [0, 0.1) is 6.92 Å². The summed E-state index contributed by atoms with van der Waals surface area (Å²) in [5.74, 6) is -0.165. The normalized spacial score (nSPS) is 15.6. The van der Waals surface area contributed by atoms with Gasteiger partial charge in [-0.05, 0) is 57.9 Å². The lowest BCUT2D eigenvalue weighted by Crippen LogP contribution is -2.34. The van der Waals surface area contributed by atoms with Crippen LogP contribution in [0.25, 0.3) is 0 Å². The van der Waals surface area contributed by atoms with E-state index in [0.717, 1.165) is 22.2 Å². The van der Waals surface area contributed by atoms with Crippen molar-refractivity contribution in [3.63, 3.8) is 0 Å². The van der Waals surface area contributed by atoms with Gasteiger partial charge in [-0.2, -0.15) is 0 Å². The number of rotatable bonds is 7. The van der Waals surface area contributed by atoms with Gasteiger partial charge >= 0.3 is 6.09 Å². The highest BCUT2D eigenvalue weighted by atomic mass is 32.2. The first-order valence-corrected chi connectivity index (χ1v) is 12.2. The average Bonchev–Trinajstić information content (AvgIpc) is 3.25. The zero-order chi connectivity index (χ0) is 25.0. The van der Waals surface area contributed by atoms with E-state index in [1.165, 1.54) is 16.2 Å². The SMILES string of the molecule is Cc1cc(N(C)C(=O)OC(C)(C)C)c(NC(=O)COc2ccc(CC3SC(=O)NC3=O)cc2)s1. The highest BCUT2D eigenvalue weighted by molar-refractivity contribution is 8.15. The molecule has 3 rings (SSSR count). The fourth-order valence-electron chi connectivity index (χ4n) is 3.04. The second kappa shape index (κ2) is 10.5. The van der Waals surface area contributed by atoms with Gasteiger partial charge in [0.05, 0.1) is 10.9 Å². The van der Waals surface area contributed by atoms with Gasteiger partial charge in [0.15, 0.2) is 6.61 Å². The van der Waals surface area contributed by atoms with Gasteiger partial charge in [0.25, 0.3) is 11.1 Å². The molecule has 2 N–H and O–H groups in total. The first kappa shape index (κ1) is 25.6. The number of anilines is 2. The predicted molar refractivity (Wildman–Crippen MR) is 133 cm³/mol. The van der Waals surface area contributed by atoms with Crippen LogP contribution in [0.1, 0.15) is 31.2 Å². The van der Waals surface area contributed by atoms with Crippen molar-refractivity contribution < 1.29 is 28.7 Å². The largest absolute Gasteiger partial charge is 0.484 e. The first-order chi connectivity index (χ1) is 15.9. The van der Waals surface area contributed by atoms with Crippen LogP contribution in [-0.2, 0) is 20.7 Å². The molecule has 1 saturated heterocycles. The van der Waals surface area contributed by atoms with Crippen molar-refractivity contribution in [1.82, 2.24) is 5.32 Å². The highest BCUT2D eigenvalue weighted by Crippen LogP contribution is 2.35. The van der Waals surface area contributed by atoms with Gasteiger partial charge in [-0.15, -0.1) is 11.3 Å². The van der Waals surface area contributed by atoms with Crippen molar-refractivity contribution in [3.05, 3.63) is 40.8 Å². The lowest BCUT2D eigenvalue weighted by atomic mass is 10.1. The van der Waals surface area contributed by atoms with Crippen LogP contribution >= 0.6 is 23.1 Å². The first-order valence-electron chi connectivity index (χ1n) is 10.5. The maximum Gasteiger partial charge on any atom is 0.414 e. The molecule has 34 heavy (non-hydrogen) atoms. The Balaban J connectivity index is 1.55. The zero-order valence-corrected chi connectivity index (χ0v) is 21.2. The average molecular weight is 506 g/mol. The summed E-state index contributed by atoms with van der Waals surface area (Å²) in [6.07, 6.45) is -0.0933. The number of hydrogen-bond donors (Lipinski definition) is 2. The van der Waals surface area contributed by atoms with E-state index in [4.69, 9.17) is 9.47 Å². The Hall–Kier alpha value is -3.05. The molecule has 0 saturated carbocycles. The van der Waals surface area contributed by atoms with Crippen LogP contribution in [0.2, 0.25) is 0 Å². The van der Waals surface area contributed by atoms with E-state index in [0.29, 0.717) is 22.9 Å². The van der Waals surface area contributed by atoms with Crippen molar-refractivity contribution >= 4 is 56.9 Å². The Kier molecular flexibility index (Phi) is 7.88. The zero-order valence-electron chi connectivity index (χ0n) is 19.6. The molecule has 1 atom stereocenters. The number of imide groups is 1. The lowest BCUT2D eigenvalue weighted by molar-refractivity contribution is -0.119. The van der Waals surface area contributed by atoms with E-state index in [1.807, 2.05) is 6.92 Å². The fourth-order valence-corrected chi connectivity index (χ4v) is 4.86. The van der Waals surface area contributed by atoms with Crippen LogP contribution in [0.5, 0.6) is 5.75 Å². The minimum absolute atomic E-state index is 0.221. The second-order valence-electron chi connectivity index (χ2n) is 8.68. The molecule has 0 aliphatic carbocycles. The summed E-state index contributed by atoms with van der Waals surface area (Å²) in [5.41, 5.74) is 0.785. The Morgan fingerprint density at radius 3 is 2.44 bits per heavy atom. The third-order valence-corrected chi connectivity index (χ3v) is 6.54. The van der Waals surface area contributed by atoms with Crippen molar-refractivity contribution in [2.45, 2.75) is 45.0 Å². The van der Waals surface area contributed by atoms with Crippen molar-refractivity contribution in [3.8, 4) is 5.75 Å². The summed E-state index contributed by atoms with van der Waals surface area (Å²) in [5, 5.41) is 4.82. The van der Waals surface area contributed by atoms with E-state index >= 15 is 0 Å². The van der Waals surface area contributed by atoms with Crippen molar-refractivity contribution in [2.24, 2.45) is 0 Å². The Bertz CT molecular complexity index is 1090. The topological polar surface area (TPSA) is 114 Å². The molecule has 1 fully saturated rings. The maximum atomic E-state index is 12.5. The van der Waals surface area contributed by atoms with E-state index in [2.05, 4.69) is 10.6 Å². The number of carbonyl (C=O) groups excluding carboxylic acids is 4. The standard InChI is InChI=1S/C23H27N3O6S2/c1-13-10-16(26(5)22(30)32-23(2,3)4)20(33-13)24-18(27)12-31-15-8-6-14(7-9-15)11-17-19(28)25-21(29)34-17/h6-10,17H,11-12H2,1-5H3,(H,24,27)(H,25,28,29). The summed E-state index contributed by atoms with van der Waals surface area (Å²) in [6, 6.07) is 8.80. The number of hydrogen-bond acceptors (Lipinski definition) is 8. The molecule has 2 aromatic rings. The van der Waals surface area contributed by atoms with E-state index in [-0.39, 0.29) is 23.7 Å². The van der Waals surface area contributed by atoms with Crippen LogP contribution in [0.15, 0.2) is 30.3 Å². The van der Waals surface area contributed by atoms with Gasteiger partial charge in [-0.1, -0.05) is 23.9 Å². The lowest BCUT2D eigenvalue weighted by Gasteiger charge is -2.24. The molecule has 1 aromatic carbocycles. The Morgan fingerprint density at radius 1 is 1.18 bits per heavy atom. The molecule has 2 heterocycles. The van der Waals surface area contributed by atoms with E-state index < -0.39 is 16.9 Å². The van der Waals surface area contributed by atoms with Crippen molar-refractivity contribution in [2.75, 3.05) is 23.9 Å². The molecular weight excluding hydrogens is 478 g/mol. The molecule has 1 unspecified atom stereocenters. The number of thiophene rings is 1. The third kappa shape index (κ3) is 6.97. The quantitative estimate of drug-likeness (QED) is 0.575. The number of ether oxygens (including phenoxy) is 2. The minimum atomic E-state index is -0.636. The Morgan fingerprint density at radius 2 is 1.85 bits per heavy atom. The fraction of sp³-hybridized carbons (Fsp3) is 0.391. The van der Waals surface area contributed by atoms with Gasteiger partial charge in [0.2, 0.25) is 5.91 Å². The summed E-state index contributed by atoms with van der Waals surface area (Å²) in [6.45, 7) is 7.02. The van der Waals surface area contributed by atoms with Gasteiger partial charge in [0, 0.05) is 11.9 Å². The summed E-state index contributed by atoms with van der Waals surface area (Å²) >= 11 is 2.33. The number of nitrogens with one attached hydrogen (secondary N) is 2. The molecule has 0 radical (unpaired) electrons. The molecule has 1 aliphatic heterocycles. The van der Waals surface area contributed by atoms with Crippen LogP contribution < -0.4 is 20.3 Å². The van der Waals surface area contributed by atoms with Gasteiger partial charge in [-0.25, -0.2) is 4.79 Å². The number of aryl methyl sites for hydroxylation is 1. The van der Waals surface area contributed by atoms with E-state index in [1.54, 1.807) is 58.2 Å². The number of amides is 4. The summed E-state index contributed by atoms with van der Waals surface area (Å²) in [7, 11) is 1.59. The second-order valence-corrected chi connectivity index (χ2v) is 11.1. The number of nitrogens with zero attached hydrogens (tertiary/aromatic N) is 1. The number of thioether (sulfide) groups is 1. The van der Waals surface area contributed by atoms with Gasteiger partial charge in [0.1, 0.15) is 16.4 Å². The minimum Gasteiger partial charge on any atom is -0.484 e. The number of benzene rings is 1. The summed E-state index contributed by atoms with van der Waals surface area (Å²) in [4.78, 5) is 50.2. The molecular formula is C23H27N3O6S2. The third-order valence-electron chi connectivity index (χ3n) is 4.60. The van der Waals surface area contributed by atoms with Gasteiger partial charge < -0.3 is 14.8 Å². The van der Waals surface area contributed by atoms with Crippen LogP contribution in [-0.4, -0.2) is 47.7 Å². The molecule has 182 valence electrons.